The Morgan fingerprint density at radius 3 is 2.75 bits per heavy atom. The average molecular weight is 293 g/mol. The molecule has 0 aromatic carbocycles. The summed E-state index contributed by atoms with van der Waals surface area (Å²) in [6.45, 7) is 2.40. The normalized spacial score (nSPS) is 10.5. The molecular formula is C12H15N5O2S. The molecule has 2 heterocycles. The number of carbonyl (C=O) groups excluding carboxylic acids is 2. The van der Waals surface area contributed by atoms with Crippen molar-refractivity contribution in [3.8, 4) is 0 Å². The quantitative estimate of drug-likeness (QED) is 0.854. The van der Waals surface area contributed by atoms with Gasteiger partial charge >= 0.3 is 0 Å². The van der Waals surface area contributed by atoms with E-state index in [9.17, 15) is 9.59 Å². The minimum absolute atomic E-state index is 0.0578. The molecule has 0 saturated heterocycles. The molecule has 2 aromatic rings. The third-order valence-electron chi connectivity index (χ3n) is 2.87. The van der Waals surface area contributed by atoms with Gasteiger partial charge in [0.2, 0.25) is 5.91 Å². The number of nitrogens with two attached hydrogens (primary N) is 1. The van der Waals surface area contributed by atoms with Crippen LogP contribution in [0.1, 0.15) is 16.6 Å². The highest BCUT2D eigenvalue weighted by atomic mass is 32.1. The summed E-state index contributed by atoms with van der Waals surface area (Å²) >= 11 is 1.16. The van der Waals surface area contributed by atoms with Gasteiger partial charge in [-0.05, 0) is 6.92 Å². The highest BCUT2D eigenvalue weighted by Gasteiger charge is 2.18. The topological polar surface area (TPSA) is 101 Å². The molecule has 0 aliphatic heterocycles. The molecule has 0 aliphatic rings. The Morgan fingerprint density at radius 2 is 2.10 bits per heavy atom. The largest absolute Gasteiger partial charge is 0.396 e. The van der Waals surface area contributed by atoms with Crippen molar-refractivity contribution in [3.63, 3.8) is 0 Å². The summed E-state index contributed by atoms with van der Waals surface area (Å²) in [6.07, 6.45) is 3.06. The van der Waals surface area contributed by atoms with Crippen LogP contribution in [0.3, 0.4) is 0 Å². The fourth-order valence-electron chi connectivity index (χ4n) is 1.56. The van der Waals surface area contributed by atoms with Gasteiger partial charge in [0.15, 0.2) is 0 Å². The monoisotopic (exact) mass is 293 g/mol. The fourth-order valence-corrected chi connectivity index (χ4v) is 2.50. The van der Waals surface area contributed by atoms with Gasteiger partial charge in [-0.25, -0.2) is 9.97 Å². The van der Waals surface area contributed by atoms with Crippen LogP contribution in [0.2, 0.25) is 0 Å². The summed E-state index contributed by atoms with van der Waals surface area (Å²) < 4.78 is 0. The zero-order chi connectivity index (χ0) is 14.7. The predicted octanol–water partition coefficient (Wildman–Crippen LogP) is 0.482. The van der Waals surface area contributed by atoms with E-state index in [4.69, 9.17) is 5.73 Å². The molecule has 2 aromatic heterocycles. The Morgan fingerprint density at radius 1 is 1.40 bits per heavy atom. The average Bonchev–Trinajstić information content (AvgIpc) is 2.81. The predicted molar refractivity (Wildman–Crippen MR) is 77.5 cm³/mol. The van der Waals surface area contributed by atoms with Gasteiger partial charge in [-0.1, -0.05) is 0 Å². The van der Waals surface area contributed by atoms with E-state index in [1.54, 1.807) is 13.2 Å². The molecule has 20 heavy (non-hydrogen) atoms. The van der Waals surface area contributed by atoms with Crippen molar-refractivity contribution in [2.75, 3.05) is 25.9 Å². The Balaban J connectivity index is 2.12. The maximum Gasteiger partial charge on any atom is 0.264 e. The van der Waals surface area contributed by atoms with Crippen LogP contribution in [0.5, 0.6) is 0 Å². The summed E-state index contributed by atoms with van der Waals surface area (Å²) in [5, 5.41) is 2.56. The van der Waals surface area contributed by atoms with E-state index < -0.39 is 0 Å². The number of amides is 2. The highest BCUT2D eigenvalue weighted by Crippen LogP contribution is 2.30. The summed E-state index contributed by atoms with van der Waals surface area (Å²) in [5.74, 6) is -0.540. The number of aromatic nitrogens is 2. The van der Waals surface area contributed by atoms with Crippen molar-refractivity contribution in [1.82, 2.24) is 20.2 Å². The van der Waals surface area contributed by atoms with Crippen LogP contribution in [-0.2, 0) is 4.79 Å². The summed E-state index contributed by atoms with van der Waals surface area (Å²) in [5.41, 5.74) is 6.70. The fraction of sp³-hybridized carbons (Fsp3) is 0.333. The molecule has 2 rings (SSSR count). The van der Waals surface area contributed by atoms with Crippen LogP contribution in [0.15, 0.2) is 12.4 Å². The van der Waals surface area contributed by atoms with E-state index in [1.165, 1.54) is 11.1 Å². The van der Waals surface area contributed by atoms with Crippen LogP contribution in [0, 0.1) is 0 Å². The lowest BCUT2D eigenvalue weighted by molar-refractivity contribution is -0.128. The van der Waals surface area contributed by atoms with E-state index in [2.05, 4.69) is 15.3 Å². The first-order chi connectivity index (χ1) is 9.54. The zero-order valence-electron chi connectivity index (χ0n) is 11.2. The molecule has 0 atom stereocenters. The lowest BCUT2D eigenvalue weighted by Gasteiger charge is -2.14. The van der Waals surface area contributed by atoms with Crippen molar-refractivity contribution < 1.29 is 9.59 Å². The second-order valence-corrected chi connectivity index (χ2v) is 5.14. The standard InChI is InChI=1S/C12H15N5O2S/c1-3-17(2)7(18)6-16-11(19)10-8(13)9-12(20-10)15-5-4-14-9/h4-5H,3,6,13H2,1-2H3,(H,16,19). The Bertz CT molecular complexity index is 654. The first-order valence-electron chi connectivity index (χ1n) is 6.05. The number of nitrogens with zero attached hydrogens (tertiary/aromatic N) is 3. The summed E-state index contributed by atoms with van der Waals surface area (Å²) in [4.78, 5) is 34.3. The van der Waals surface area contributed by atoms with Gasteiger partial charge in [0, 0.05) is 26.0 Å². The zero-order valence-corrected chi connectivity index (χ0v) is 12.0. The molecule has 0 bridgehead atoms. The number of nitrogen functional groups attached to an aromatic ring is 1. The van der Waals surface area contributed by atoms with E-state index in [0.717, 1.165) is 11.3 Å². The van der Waals surface area contributed by atoms with Crippen LogP contribution in [0.25, 0.3) is 10.3 Å². The van der Waals surface area contributed by atoms with Crippen LogP contribution >= 0.6 is 11.3 Å². The molecule has 0 spiro atoms. The molecule has 3 N–H and O–H groups in total. The van der Waals surface area contributed by atoms with E-state index in [1.807, 2.05) is 6.92 Å². The van der Waals surface area contributed by atoms with Crippen LogP contribution in [0.4, 0.5) is 5.69 Å². The number of fused-ring (bicyclic) bond motifs is 1. The third-order valence-corrected chi connectivity index (χ3v) is 3.97. The van der Waals surface area contributed by atoms with Crippen LogP contribution in [-0.4, -0.2) is 46.8 Å². The molecule has 8 heteroatoms. The van der Waals surface area contributed by atoms with Gasteiger partial charge in [0.05, 0.1) is 12.2 Å². The number of likely N-dealkylation sites (N-methyl/N-ethyl adjacent to an activating group) is 1. The molecule has 0 unspecified atom stereocenters. The highest BCUT2D eigenvalue weighted by molar-refractivity contribution is 7.21. The lowest BCUT2D eigenvalue weighted by atomic mass is 10.3. The molecule has 0 saturated carbocycles. The van der Waals surface area contributed by atoms with E-state index in [-0.39, 0.29) is 18.4 Å². The number of thiophene rings is 1. The molecule has 106 valence electrons. The molecule has 2 amide bonds. The van der Waals surface area contributed by atoms with Gasteiger partial charge < -0.3 is 16.0 Å². The number of anilines is 1. The lowest BCUT2D eigenvalue weighted by Crippen LogP contribution is -2.37. The van der Waals surface area contributed by atoms with Crippen molar-refractivity contribution in [2.45, 2.75) is 6.92 Å². The second-order valence-electron chi connectivity index (χ2n) is 4.15. The number of rotatable bonds is 4. The number of hydrogen-bond donors (Lipinski definition) is 2. The van der Waals surface area contributed by atoms with E-state index in [0.29, 0.717) is 27.5 Å². The van der Waals surface area contributed by atoms with Crippen molar-refractivity contribution in [3.05, 3.63) is 17.3 Å². The van der Waals surface area contributed by atoms with Gasteiger partial charge in [0.1, 0.15) is 15.2 Å². The number of hydrogen-bond acceptors (Lipinski definition) is 6. The van der Waals surface area contributed by atoms with Crippen molar-refractivity contribution >= 4 is 39.2 Å². The molecule has 0 radical (unpaired) electrons. The molecular weight excluding hydrogens is 278 g/mol. The maximum atomic E-state index is 12.0. The van der Waals surface area contributed by atoms with Gasteiger partial charge in [0.25, 0.3) is 5.91 Å². The first kappa shape index (κ1) is 14.2. The first-order valence-corrected chi connectivity index (χ1v) is 6.87. The summed E-state index contributed by atoms with van der Waals surface area (Å²) in [7, 11) is 1.68. The minimum Gasteiger partial charge on any atom is -0.396 e. The molecule has 0 fully saturated rings. The smallest absolute Gasteiger partial charge is 0.264 e. The molecule has 0 aliphatic carbocycles. The van der Waals surface area contributed by atoms with Gasteiger partial charge in [-0.15, -0.1) is 11.3 Å². The number of nitrogens with one attached hydrogen (secondary N) is 1. The van der Waals surface area contributed by atoms with Gasteiger partial charge in [-0.3, -0.25) is 9.59 Å². The van der Waals surface area contributed by atoms with Crippen LogP contribution < -0.4 is 11.1 Å². The third kappa shape index (κ3) is 2.69. The minimum atomic E-state index is -0.384. The molecule has 7 nitrogen and oxygen atoms in total. The Kier molecular flexibility index (Phi) is 4.14. The Labute approximate surface area is 119 Å². The van der Waals surface area contributed by atoms with Crippen molar-refractivity contribution in [2.24, 2.45) is 0 Å². The second kappa shape index (κ2) is 5.83. The number of carbonyl (C=O) groups is 2. The SMILES string of the molecule is CCN(C)C(=O)CNC(=O)c1sc2nccnc2c1N. The van der Waals surface area contributed by atoms with E-state index >= 15 is 0 Å². The summed E-state index contributed by atoms with van der Waals surface area (Å²) in [6, 6.07) is 0. The van der Waals surface area contributed by atoms with Crippen molar-refractivity contribution in [1.29, 1.82) is 0 Å². The Hall–Kier alpha value is -2.22. The van der Waals surface area contributed by atoms with Gasteiger partial charge in [-0.2, -0.15) is 0 Å². The maximum absolute atomic E-state index is 12.0.